The molecule has 2 aliphatic rings. The molecule has 44 heavy (non-hydrogen) atoms. The zero-order chi connectivity index (χ0) is 29.0. The molecule has 0 amide bonds. The summed E-state index contributed by atoms with van der Waals surface area (Å²) in [6, 6.07) is 51.3. The Balaban J connectivity index is 1.24. The van der Waals surface area contributed by atoms with Crippen LogP contribution >= 0.6 is 11.8 Å². The van der Waals surface area contributed by atoms with E-state index in [2.05, 4.69) is 140 Å². The van der Waals surface area contributed by atoms with Crippen LogP contribution in [-0.4, -0.2) is 0 Å². The Morgan fingerprint density at radius 3 is 2.14 bits per heavy atom. The van der Waals surface area contributed by atoms with Crippen molar-refractivity contribution in [2.24, 2.45) is 0 Å². The van der Waals surface area contributed by atoms with E-state index in [9.17, 15) is 0 Å². The van der Waals surface area contributed by atoms with Gasteiger partial charge in [0.25, 0.3) is 0 Å². The Morgan fingerprint density at radius 1 is 0.545 bits per heavy atom. The van der Waals surface area contributed by atoms with E-state index >= 15 is 0 Å². The second-order valence-corrected chi connectivity index (χ2v) is 13.2. The Morgan fingerprint density at radius 2 is 1.27 bits per heavy atom. The van der Waals surface area contributed by atoms with Crippen molar-refractivity contribution in [3.05, 3.63) is 156 Å². The Bertz CT molecular complexity index is 2440. The zero-order valence-corrected chi connectivity index (χ0v) is 24.9. The number of rotatable bonds is 2. The van der Waals surface area contributed by atoms with Gasteiger partial charge in [0.1, 0.15) is 11.5 Å². The van der Waals surface area contributed by atoms with E-state index in [1.807, 2.05) is 17.8 Å². The van der Waals surface area contributed by atoms with Crippen LogP contribution in [-0.2, 0) is 5.41 Å². The Labute approximate surface area is 260 Å². The average Bonchev–Trinajstić information content (AvgIpc) is 3.35. The first kappa shape index (κ1) is 24.4. The molecule has 0 saturated heterocycles. The van der Waals surface area contributed by atoms with Gasteiger partial charge in [0.2, 0.25) is 0 Å². The van der Waals surface area contributed by atoms with Crippen LogP contribution in [0.3, 0.4) is 0 Å². The predicted octanol–water partition coefficient (Wildman–Crippen LogP) is 11.8. The molecule has 1 unspecified atom stereocenters. The molecule has 1 heterocycles. The highest BCUT2D eigenvalue weighted by Gasteiger charge is 2.43. The molecule has 0 bridgehead atoms. The molecular weight excluding hydrogens is 553 g/mol. The molecule has 8 aromatic carbocycles. The number of ether oxygens (including phenoxy) is 1. The highest BCUT2D eigenvalue weighted by molar-refractivity contribution is 7.99. The normalized spacial score (nSPS) is 16.5. The summed E-state index contributed by atoms with van der Waals surface area (Å²) in [7, 11) is 0. The molecule has 0 saturated carbocycles. The van der Waals surface area contributed by atoms with Crippen LogP contribution in [0.1, 0.15) is 23.6 Å². The van der Waals surface area contributed by atoms with Gasteiger partial charge in [0.15, 0.2) is 0 Å². The average molecular weight is 579 g/mol. The van der Waals surface area contributed by atoms with E-state index in [0.29, 0.717) is 0 Å². The maximum atomic E-state index is 6.47. The number of fused-ring (bicyclic) bond motifs is 6. The zero-order valence-electron chi connectivity index (χ0n) is 24.1. The summed E-state index contributed by atoms with van der Waals surface area (Å²) in [5.74, 6) is 1.87. The highest BCUT2D eigenvalue weighted by Crippen LogP contribution is 2.60. The van der Waals surface area contributed by atoms with Gasteiger partial charge in [0.05, 0.1) is 9.79 Å². The van der Waals surface area contributed by atoms with Crippen molar-refractivity contribution in [3.63, 3.8) is 0 Å². The highest BCUT2D eigenvalue weighted by atomic mass is 32.2. The summed E-state index contributed by atoms with van der Waals surface area (Å²) in [5, 5.41) is 7.90. The second kappa shape index (κ2) is 8.75. The Hall–Kier alpha value is -5.05. The fraction of sp³-hybridized carbons (Fsp3) is 0.0476. The van der Waals surface area contributed by atoms with Gasteiger partial charge in [-0.2, -0.15) is 0 Å². The standard InChI is InChI=1S/C42H26OS/c1-42(29-10-3-2-4-11-29)33-22-23-36-41(44-37-13-6-5-12-35(37)43-36)40(33)32-21-18-28(24-34(32)42)30-19-16-27-15-14-25-8-7-9-26-17-20-31(30)39(27)38(25)26/h2-24H,1H3. The Kier molecular flexibility index (Phi) is 4.85. The number of para-hydroxylation sites is 1. The molecule has 0 spiro atoms. The van der Waals surface area contributed by atoms with Gasteiger partial charge < -0.3 is 4.74 Å². The minimum atomic E-state index is -0.307. The van der Waals surface area contributed by atoms with Crippen molar-refractivity contribution in [3.8, 4) is 33.8 Å². The predicted molar refractivity (Wildman–Crippen MR) is 184 cm³/mol. The minimum absolute atomic E-state index is 0.307. The van der Waals surface area contributed by atoms with Gasteiger partial charge in [-0.1, -0.05) is 127 Å². The van der Waals surface area contributed by atoms with Crippen LogP contribution in [0.4, 0.5) is 0 Å². The SMILES string of the molecule is CC1(c2ccccc2)c2cc(-c3ccc4ccc5cccc6ccc3c4c56)ccc2-c2c1ccc1c2Sc2ccccc2O1. The van der Waals surface area contributed by atoms with E-state index in [4.69, 9.17) is 4.74 Å². The first-order valence-electron chi connectivity index (χ1n) is 15.2. The number of hydrogen-bond donors (Lipinski definition) is 0. The third-order valence-electron chi connectivity index (χ3n) is 9.96. The fourth-order valence-electron chi connectivity index (χ4n) is 7.83. The van der Waals surface area contributed by atoms with Crippen LogP contribution in [0.15, 0.2) is 149 Å². The van der Waals surface area contributed by atoms with Crippen molar-refractivity contribution in [2.45, 2.75) is 22.1 Å². The lowest BCUT2D eigenvalue weighted by Gasteiger charge is -2.29. The van der Waals surface area contributed by atoms with Crippen molar-refractivity contribution in [1.29, 1.82) is 0 Å². The summed E-state index contributed by atoms with van der Waals surface area (Å²) in [6.45, 7) is 2.40. The maximum absolute atomic E-state index is 6.47. The second-order valence-electron chi connectivity index (χ2n) is 12.2. The quantitative estimate of drug-likeness (QED) is 0.189. The lowest BCUT2D eigenvalue weighted by Crippen LogP contribution is -2.22. The van der Waals surface area contributed by atoms with Gasteiger partial charge >= 0.3 is 0 Å². The fourth-order valence-corrected chi connectivity index (χ4v) is 8.94. The van der Waals surface area contributed by atoms with E-state index in [1.54, 1.807) is 0 Å². The number of hydrogen-bond acceptors (Lipinski definition) is 2. The first-order valence-corrected chi connectivity index (χ1v) is 16.0. The molecule has 2 heteroatoms. The molecule has 0 N–H and O–H groups in total. The van der Waals surface area contributed by atoms with Crippen LogP contribution in [0.25, 0.3) is 54.6 Å². The van der Waals surface area contributed by atoms with Gasteiger partial charge in [-0.25, -0.2) is 0 Å². The van der Waals surface area contributed by atoms with Crippen molar-refractivity contribution in [2.75, 3.05) is 0 Å². The maximum Gasteiger partial charge on any atom is 0.142 e. The molecule has 8 aromatic rings. The molecule has 0 radical (unpaired) electrons. The van der Waals surface area contributed by atoms with Crippen LogP contribution < -0.4 is 4.74 Å². The summed E-state index contributed by atoms with van der Waals surface area (Å²) < 4.78 is 6.47. The lowest BCUT2D eigenvalue weighted by molar-refractivity contribution is 0.454. The molecule has 1 aliphatic carbocycles. The molecule has 1 nitrogen and oxygen atoms in total. The van der Waals surface area contributed by atoms with Crippen molar-refractivity contribution >= 4 is 44.1 Å². The van der Waals surface area contributed by atoms with Gasteiger partial charge in [-0.15, -0.1) is 0 Å². The monoisotopic (exact) mass is 578 g/mol. The minimum Gasteiger partial charge on any atom is -0.455 e. The van der Waals surface area contributed by atoms with Crippen LogP contribution in [0.2, 0.25) is 0 Å². The molecule has 1 atom stereocenters. The van der Waals surface area contributed by atoms with E-state index in [0.717, 1.165) is 16.4 Å². The third-order valence-corrected chi connectivity index (χ3v) is 11.1. The third kappa shape index (κ3) is 3.16. The molecule has 10 rings (SSSR count). The largest absolute Gasteiger partial charge is 0.455 e. The van der Waals surface area contributed by atoms with Gasteiger partial charge in [0, 0.05) is 11.0 Å². The summed E-state index contributed by atoms with van der Waals surface area (Å²) in [4.78, 5) is 2.37. The van der Waals surface area contributed by atoms with E-state index in [1.165, 1.54) is 76.2 Å². The summed E-state index contributed by atoms with van der Waals surface area (Å²) in [5.41, 5.74) is 8.78. The van der Waals surface area contributed by atoms with Crippen molar-refractivity contribution in [1.82, 2.24) is 0 Å². The van der Waals surface area contributed by atoms with E-state index in [-0.39, 0.29) is 5.41 Å². The molecule has 1 aliphatic heterocycles. The molecular formula is C42H26OS. The topological polar surface area (TPSA) is 9.23 Å². The smallest absolute Gasteiger partial charge is 0.142 e. The van der Waals surface area contributed by atoms with Crippen LogP contribution in [0, 0.1) is 0 Å². The first-order chi connectivity index (χ1) is 21.7. The van der Waals surface area contributed by atoms with Crippen LogP contribution in [0.5, 0.6) is 11.5 Å². The van der Waals surface area contributed by atoms with Gasteiger partial charge in [-0.05, 0) is 96.9 Å². The molecule has 0 aromatic heterocycles. The van der Waals surface area contributed by atoms with E-state index < -0.39 is 0 Å². The molecule has 206 valence electrons. The number of benzene rings is 8. The van der Waals surface area contributed by atoms with Crippen molar-refractivity contribution < 1.29 is 4.74 Å². The summed E-state index contributed by atoms with van der Waals surface area (Å²) >= 11 is 1.83. The summed E-state index contributed by atoms with van der Waals surface area (Å²) in [6.07, 6.45) is 0. The molecule has 0 fully saturated rings. The lowest BCUT2D eigenvalue weighted by atomic mass is 9.74. The van der Waals surface area contributed by atoms with Gasteiger partial charge in [-0.3, -0.25) is 0 Å².